The SMILES string of the molecule is Cc1ccc2c(c1)OC(C)(C)N/C2=C\C(=O)c1ccc(C#N)cc1. The van der Waals surface area contributed by atoms with E-state index in [1.807, 2.05) is 45.0 Å². The fourth-order valence-electron chi connectivity index (χ4n) is 2.67. The molecule has 4 nitrogen and oxygen atoms in total. The lowest BCUT2D eigenvalue weighted by Gasteiger charge is -2.36. The minimum absolute atomic E-state index is 0.119. The maximum absolute atomic E-state index is 12.6. The molecular formula is C20H18N2O2. The van der Waals surface area contributed by atoms with Gasteiger partial charge in [-0.25, -0.2) is 0 Å². The molecule has 0 fully saturated rings. The van der Waals surface area contributed by atoms with Crippen molar-refractivity contribution in [2.75, 3.05) is 0 Å². The van der Waals surface area contributed by atoms with Crippen LogP contribution in [0.1, 0.15) is 40.9 Å². The molecule has 1 heterocycles. The van der Waals surface area contributed by atoms with E-state index in [1.165, 1.54) is 0 Å². The summed E-state index contributed by atoms with van der Waals surface area (Å²) in [5.41, 5.74) is 3.17. The molecule has 0 atom stereocenters. The number of allylic oxidation sites excluding steroid dienone is 1. The predicted octanol–water partition coefficient (Wildman–Crippen LogP) is 3.81. The first kappa shape index (κ1) is 15.8. The summed E-state index contributed by atoms with van der Waals surface area (Å²) in [6, 6.07) is 14.6. The molecule has 2 aromatic rings. The third-order valence-electron chi connectivity index (χ3n) is 3.80. The lowest BCUT2D eigenvalue weighted by Crippen LogP contribution is -2.46. The molecule has 1 aliphatic rings. The first-order chi connectivity index (χ1) is 11.4. The van der Waals surface area contributed by atoms with Crippen LogP contribution in [0.15, 0.2) is 48.5 Å². The van der Waals surface area contributed by atoms with Crippen LogP contribution in [0.4, 0.5) is 0 Å². The second kappa shape index (κ2) is 5.86. The van der Waals surface area contributed by atoms with Crippen molar-refractivity contribution >= 4 is 11.5 Å². The fraction of sp³-hybridized carbons (Fsp3) is 0.200. The van der Waals surface area contributed by atoms with Gasteiger partial charge in [0.1, 0.15) is 5.75 Å². The van der Waals surface area contributed by atoms with E-state index in [-0.39, 0.29) is 5.78 Å². The Labute approximate surface area is 141 Å². The van der Waals surface area contributed by atoms with Gasteiger partial charge in [-0.2, -0.15) is 5.26 Å². The number of ether oxygens (including phenoxy) is 1. The van der Waals surface area contributed by atoms with Gasteiger partial charge < -0.3 is 10.1 Å². The normalized spacial score (nSPS) is 16.5. The zero-order chi connectivity index (χ0) is 17.3. The molecule has 0 unspecified atom stereocenters. The van der Waals surface area contributed by atoms with E-state index in [0.29, 0.717) is 11.1 Å². The van der Waals surface area contributed by atoms with Crippen LogP contribution < -0.4 is 10.1 Å². The summed E-state index contributed by atoms with van der Waals surface area (Å²) in [6.07, 6.45) is 1.58. The summed E-state index contributed by atoms with van der Waals surface area (Å²) in [6.45, 7) is 5.83. The van der Waals surface area contributed by atoms with Gasteiger partial charge in [0.2, 0.25) is 0 Å². The van der Waals surface area contributed by atoms with Crippen LogP contribution in [0.25, 0.3) is 5.70 Å². The smallest absolute Gasteiger partial charge is 0.187 e. The molecule has 0 spiro atoms. The quantitative estimate of drug-likeness (QED) is 0.675. The Morgan fingerprint density at radius 2 is 1.92 bits per heavy atom. The molecule has 2 aromatic carbocycles. The van der Waals surface area contributed by atoms with Crippen LogP contribution >= 0.6 is 0 Å². The van der Waals surface area contributed by atoms with Crippen LogP contribution in [-0.2, 0) is 0 Å². The van der Waals surface area contributed by atoms with Gasteiger partial charge in [0, 0.05) is 17.2 Å². The number of hydrogen-bond acceptors (Lipinski definition) is 4. The number of carbonyl (C=O) groups is 1. The second-order valence-corrected chi connectivity index (χ2v) is 6.35. The van der Waals surface area contributed by atoms with E-state index >= 15 is 0 Å². The van der Waals surface area contributed by atoms with E-state index < -0.39 is 5.72 Å². The van der Waals surface area contributed by atoms with Crippen LogP contribution in [0.3, 0.4) is 0 Å². The number of nitrogens with one attached hydrogen (secondary N) is 1. The third kappa shape index (κ3) is 3.16. The Morgan fingerprint density at radius 3 is 2.58 bits per heavy atom. The van der Waals surface area contributed by atoms with Gasteiger partial charge >= 0.3 is 0 Å². The van der Waals surface area contributed by atoms with Crippen LogP contribution in [-0.4, -0.2) is 11.5 Å². The van der Waals surface area contributed by atoms with Crippen molar-refractivity contribution in [1.29, 1.82) is 5.26 Å². The monoisotopic (exact) mass is 318 g/mol. The molecule has 4 heteroatoms. The van der Waals surface area contributed by atoms with Gasteiger partial charge in [-0.05, 0) is 62.7 Å². The van der Waals surface area contributed by atoms with Crippen molar-refractivity contribution < 1.29 is 9.53 Å². The number of ketones is 1. The molecule has 3 rings (SSSR count). The largest absolute Gasteiger partial charge is 0.468 e. The molecular weight excluding hydrogens is 300 g/mol. The topological polar surface area (TPSA) is 62.1 Å². The number of aryl methyl sites for hydroxylation is 1. The van der Waals surface area contributed by atoms with Gasteiger partial charge in [0.25, 0.3) is 0 Å². The number of nitrogens with zero attached hydrogens (tertiary/aromatic N) is 1. The molecule has 0 amide bonds. The molecule has 120 valence electrons. The minimum Gasteiger partial charge on any atom is -0.468 e. The molecule has 1 aliphatic heterocycles. The van der Waals surface area contributed by atoms with Gasteiger partial charge in [-0.1, -0.05) is 6.07 Å². The fourth-order valence-corrected chi connectivity index (χ4v) is 2.67. The average Bonchev–Trinajstić information content (AvgIpc) is 2.53. The number of nitriles is 1. The summed E-state index contributed by atoms with van der Waals surface area (Å²) in [7, 11) is 0. The Kier molecular flexibility index (Phi) is 3.86. The predicted molar refractivity (Wildman–Crippen MR) is 92.5 cm³/mol. The highest BCUT2D eigenvalue weighted by atomic mass is 16.5. The number of hydrogen-bond donors (Lipinski definition) is 1. The summed E-state index contributed by atoms with van der Waals surface area (Å²) in [5.74, 6) is 0.642. The second-order valence-electron chi connectivity index (χ2n) is 6.35. The summed E-state index contributed by atoms with van der Waals surface area (Å²) < 4.78 is 5.95. The van der Waals surface area contributed by atoms with E-state index in [1.54, 1.807) is 30.3 Å². The molecule has 0 aliphatic carbocycles. The van der Waals surface area contributed by atoms with E-state index in [9.17, 15) is 4.79 Å². The van der Waals surface area contributed by atoms with Crippen molar-refractivity contribution in [3.63, 3.8) is 0 Å². The highest BCUT2D eigenvalue weighted by molar-refractivity contribution is 6.08. The summed E-state index contributed by atoms with van der Waals surface area (Å²) >= 11 is 0. The number of benzene rings is 2. The molecule has 1 N–H and O–H groups in total. The number of fused-ring (bicyclic) bond motifs is 1. The lowest BCUT2D eigenvalue weighted by molar-refractivity contribution is 0.0816. The van der Waals surface area contributed by atoms with Crippen molar-refractivity contribution in [1.82, 2.24) is 5.32 Å². The van der Waals surface area contributed by atoms with Crippen LogP contribution in [0.2, 0.25) is 0 Å². The minimum atomic E-state index is -0.600. The van der Waals surface area contributed by atoms with E-state index in [0.717, 1.165) is 22.6 Å². The summed E-state index contributed by atoms with van der Waals surface area (Å²) in [5, 5.41) is 12.1. The number of carbonyl (C=O) groups excluding carboxylic acids is 1. The lowest BCUT2D eigenvalue weighted by atomic mass is 10.0. The first-order valence-corrected chi connectivity index (χ1v) is 7.72. The standard InChI is InChI=1S/C20H18N2O2/c1-13-4-9-16-17(22-20(2,3)24-19(16)10-13)11-18(23)15-7-5-14(12-21)6-8-15/h4-11,22H,1-3H3/b17-11-. The van der Waals surface area contributed by atoms with Gasteiger partial charge in [0.15, 0.2) is 11.5 Å². The molecule has 0 aromatic heterocycles. The summed E-state index contributed by atoms with van der Waals surface area (Å²) in [4.78, 5) is 12.6. The van der Waals surface area contributed by atoms with Crippen molar-refractivity contribution in [3.05, 3.63) is 70.8 Å². The van der Waals surface area contributed by atoms with Gasteiger partial charge in [-0.15, -0.1) is 0 Å². The highest BCUT2D eigenvalue weighted by Gasteiger charge is 2.29. The Bertz CT molecular complexity index is 872. The molecule has 0 saturated carbocycles. The zero-order valence-corrected chi connectivity index (χ0v) is 13.9. The van der Waals surface area contributed by atoms with Gasteiger partial charge in [-0.3, -0.25) is 4.79 Å². The Morgan fingerprint density at radius 1 is 1.21 bits per heavy atom. The highest BCUT2D eigenvalue weighted by Crippen LogP contribution is 2.34. The van der Waals surface area contributed by atoms with Crippen molar-refractivity contribution in [2.24, 2.45) is 0 Å². The Hall–Kier alpha value is -3.06. The van der Waals surface area contributed by atoms with Gasteiger partial charge in [0.05, 0.1) is 17.3 Å². The molecule has 0 radical (unpaired) electrons. The average molecular weight is 318 g/mol. The Balaban J connectivity index is 1.99. The number of rotatable bonds is 2. The van der Waals surface area contributed by atoms with Crippen molar-refractivity contribution in [3.8, 4) is 11.8 Å². The first-order valence-electron chi connectivity index (χ1n) is 7.72. The van der Waals surface area contributed by atoms with E-state index in [2.05, 4.69) is 5.32 Å². The molecule has 24 heavy (non-hydrogen) atoms. The third-order valence-corrected chi connectivity index (χ3v) is 3.80. The maximum Gasteiger partial charge on any atom is 0.187 e. The zero-order valence-electron chi connectivity index (χ0n) is 13.9. The van der Waals surface area contributed by atoms with Crippen molar-refractivity contribution in [2.45, 2.75) is 26.5 Å². The maximum atomic E-state index is 12.6. The van der Waals surface area contributed by atoms with E-state index in [4.69, 9.17) is 10.00 Å². The molecule has 0 bridgehead atoms. The molecule has 0 saturated heterocycles. The van der Waals surface area contributed by atoms with Crippen LogP contribution in [0.5, 0.6) is 5.75 Å². The van der Waals surface area contributed by atoms with Crippen LogP contribution in [0, 0.1) is 18.3 Å².